The average Bonchev–Trinajstić information content (AvgIpc) is 2.46. The van der Waals surface area contributed by atoms with Crippen LogP contribution >= 0.6 is 0 Å². The van der Waals surface area contributed by atoms with E-state index in [1.54, 1.807) is 24.3 Å². The lowest BCUT2D eigenvalue weighted by Gasteiger charge is -2.20. The van der Waals surface area contributed by atoms with Crippen LogP contribution in [0.5, 0.6) is 0 Å². The number of carboxylic acids is 1. The van der Waals surface area contributed by atoms with E-state index in [0.717, 1.165) is 24.9 Å². The summed E-state index contributed by atoms with van der Waals surface area (Å²) in [6.07, 6.45) is 2.91. The second-order valence-corrected chi connectivity index (χ2v) is 4.79. The largest absolute Gasteiger partial charge is 0.478 e. The molecule has 4 nitrogen and oxygen atoms in total. The van der Waals surface area contributed by atoms with Gasteiger partial charge in [0.2, 0.25) is 5.91 Å². The van der Waals surface area contributed by atoms with Crippen LogP contribution in [-0.2, 0) is 11.2 Å². The first-order chi connectivity index (χ1) is 9.60. The number of hydrogen-bond donors (Lipinski definition) is 1. The lowest BCUT2D eigenvalue weighted by Crippen LogP contribution is -2.31. The third-order valence-electron chi connectivity index (χ3n) is 3.37. The fraction of sp³-hybridized carbons (Fsp3) is 0.500. The van der Waals surface area contributed by atoms with Crippen LogP contribution in [0.1, 0.15) is 49.0 Å². The Kier molecular flexibility index (Phi) is 6.77. The number of aromatic carboxylic acids is 1. The molecule has 0 saturated carbocycles. The Morgan fingerprint density at radius 3 is 2.50 bits per heavy atom. The fourth-order valence-corrected chi connectivity index (χ4v) is 2.15. The molecule has 1 aromatic carbocycles. The number of carbonyl (C=O) groups excluding carboxylic acids is 1. The van der Waals surface area contributed by atoms with E-state index in [1.807, 2.05) is 11.8 Å². The van der Waals surface area contributed by atoms with E-state index in [2.05, 4.69) is 6.92 Å². The minimum atomic E-state index is -0.939. The van der Waals surface area contributed by atoms with Gasteiger partial charge in [-0.1, -0.05) is 31.5 Å². The number of carboxylic acid groups (broad SMARTS) is 1. The van der Waals surface area contributed by atoms with Crippen molar-refractivity contribution in [2.45, 2.75) is 39.5 Å². The highest BCUT2D eigenvalue weighted by molar-refractivity contribution is 5.89. The number of benzene rings is 1. The molecule has 1 amide bonds. The van der Waals surface area contributed by atoms with Crippen LogP contribution < -0.4 is 0 Å². The number of carbonyl (C=O) groups is 2. The van der Waals surface area contributed by atoms with E-state index in [0.29, 0.717) is 19.4 Å². The fourth-order valence-electron chi connectivity index (χ4n) is 2.15. The summed E-state index contributed by atoms with van der Waals surface area (Å²) in [6, 6.07) is 6.87. The van der Waals surface area contributed by atoms with Gasteiger partial charge in [-0.05, 0) is 31.4 Å². The number of rotatable bonds is 8. The molecule has 0 spiro atoms. The highest BCUT2D eigenvalue weighted by atomic mass is 16.4. The first kappa shape index (κ1) is 16.2. The maximum atomic E-state index is 12.1. The van der Waals surface area contributed by atoms with Crippen LogP contribution in [0.25, 0.3) is 0 Å². The van der Waals surface area contributed by atoms with Crippen LogP contribution in [0.15, 0.2) is 24.3 Å². The molecule has 1 rings (SSSR count). The number of amides is 1. The average molecular weight is 277 g/mol. The van der Waals surface area contributed by atoms with Crippen molar-refractivity contribution in [3.05, 3.63) is 35.4 Å². The molecule has 1 N–H and O–H groups in total. The Morgan fingerprint density at radius 1 is 1.20 bits per heavy atom. The van der Waals surface area contributed by atoms with Crippen LogP contribution in [-0.4, -0.2) is 35.0 Å². The highest BCUT2D eigenvalue weighted by Gasteiger charge is 2.14. The lowest BCUT2D eigenvalue weighted by atomic mass is 10.0. The van der Waals surface area contributed by atoms with E-state index >= 15 is 0 Å². The molecule has 0 bridgehead atoms. The zero-order chi connectivity index (χ0) is 15.0. The zero-order valence-corrected chi connectivity index (χ0v) is 12.3. The van der Waals surface area contributed by atoms with E-state index < -0.39 is 5.97 Å². The quantitative estimate of drug-likeness (QED) is 0.794. The Labute approximate surface area is 120 Å². The molecular weight excluding hydrogens is 254 g/mol. The van der Waals surface area contributed by atoms with Crippen molar-refractivity contribution in [1.82, 2.24) is 4.90 Å². The van der Waals surface area contributed by atoms with E-state index in [1.165, 1.54) is 0 Å². The molecule has 0 aliphatic heterocycles. The first-order valence-electron chi connectivity index (χ1n) is 7.19. The standard InChI is InChI=1S/C16H23NO3/c1-3-5-12-17(4-2)15(18)11-10-13-8-6-7-9-14(13)16(19)20/h6-9H,3-5,10-12H2,1-2H3,(H,19,20). The zero-order valence-electron chi connectivity index (χ0n) is 12.3. The normalized spacial score (nSPS) is 10.3. The Balaban J connectivity index is 2.62. The van der Waals surface area contributed by atoms with E-state index in [9.17, 15) is 9.59 Å². The minimum Gasteiger partial charge on any atom is -0.478 e. The minimum absolute atomic E-state index is 0.0983. The molecule has 0 saturated heterocycles. The third-order valence-corrected chi connectivity index (χ3v) is 3.37. The molecule has 20 heavy (non-hydrogen) atoms. The lowest BCUT2D eigenvalue weighted by molar-refractivity contribution is -0.131. The van der Waals surface area contributed by atoms with Crippen molar-refractivity contribution in [3.63, 3.8) is 0 Å². The SMILES string of the molecule is CCCCN(CC)C(=O)CCc1ccccc1C(=O)O. The number of hydrogen-bond acceptors (Lipinski definition) is 2. The van der Waals surface area contributed by atoms with Crippen molar-refractivity contribution < 1.29 is 14.7 Å². The van der Waals surface area contributed by atoms with E-state index in [-0.39, 0.29) is 11.5 Å². The molecule has 110 valence electrons. The summed E-state index contributed by atoms with van der Waals surface area (Å²) in [7, 11) is 0. The molecule has 0 heterocycles. The van der Waals surface area contributed by atoms with Gasteiger partial charge in [-0.3, -0.25) is 4.79 Å². The number of nitrogens with zero attached hydrogens (tertiary/aromatic N) is 1. The van der Waals surface area contributed by atoms with Crippen LogP contribution in [0.3, 0.4) is 0 Å². The molecule has 4 heteroatoms. The Morgan fingerprint density at radius 2 is 1.90 bits per heavy atom. The Bertz CT molecular complexity index is 457. The van der Waals surface area contributed by atoms with Crippen molar-refractivity contribution in [3.8, 4) is 0 Å². The Hall–Kier alpha value is -1.84. The van der Waals surface area contributed by atoms with Gasteiger partial charge in [0, 0.05) is 19.5 Å². The first-order valence-corrected chi connectivity index (χ1v) is 7.19. The summed E-state index contributed by atoms with van der Waals surface area (Å²) in [5.74, 6) is -0.840. The second kappa shape index (κ2) is 8.35. The van der Waals surface area contributed by atoms with Gasteiger partial charge in [0.1, 0.15) is 0 Å². The summed E-state index contributed by atoms with van der Waals surface area (Å²) < 4.78 is 0. The molecule has 0 unspecified atom stereocenters. The van der Waals surface area contributed by atoms with Crippen molar-refractivity contribution in [2.24, 2.45) is 0 Å². The molecule has 0 aliphatic rings. The van der Waals surface area contributed by atoms with Crippen LogP contribution in [0.4, 0.5) is 0 Å². The third kappa shape index (κ3) is 4.68. The van der Waals surface area contributed by atoms with Gasteiger partial charge in [-0.2, -0.15) is 0 Å². The molecule has 0 aromatic heterocycles. The van der Waals surface area contributed by atoms with Gasteiger partial charge in [0.05, 0.1) is 5.56 Å². The summed E-state index contributed by atoms with van der Waals surface area (Å²) in [6.45, 7) is 5.56. The van der Waals surface area contributed by atoms with Gasteiger partial charge in [0.15, 0.2) is 0 Å². The molecule has 0 fully saturated rings. The van der Waals surface area contributed by atoms with Crippen LogP contribution in [0.2, 0.25) is 0 Å². The van der Waals surface area contributed by atoms with Gasteiger partial charge >= 0.3 is 5.97 Å². The maximum absolute atomic E-state index is 12.1. The van der Waals surface area contributed by atoms with Gasteiger partial charge in [-0.25, -0.2) is 4.79 Å². The van der Waals surface area contributed by atoms with Gasteiger partial charge < -0.3 is 10.0 Å². The monoisotopic (exact) mass is 277 g/mol. The van der Waals surface area contributed by atoms with Crippen molar-refractivity contribution in [1.29, 1.82) is 0 Å². The van der Waals surface area contributed by atoms with Gasteiger partial charge in [0.25, 0.3) is 0 Å². The maximum Gasteiger partial charge on any atom is 0.335 e. The number of aryl methyl sites for hydroxylation is 1. The molecule has 1 aromatic rings. The van der Waals surface area contributed by atoms with Gasteiger partial charge in [-0.15, -0.1) is 0 Å². The highest BCUT2D eigenvalue weighted by Crippen LogP contribution is 2.12. The van der Waals surface area contributed by atoms with E-state index in [4.69, 9.17) is 5.11 Å². The van der Waals surface area contributed by atoms with Crippen molar-refractivity contribution >= 4 is 11.9 Å². The predicted octanol–water partition coefficient (Wildman–Crippen LogP) is 2.97. The summed E-state index contributed by atoms with van der Waals surface area (Å²) in [4.78, 5) is 25.1. The molecular formula is C16H23NO3. The smallest absolute Gasteiger partial charge is 0.335 e. The number of unbranched alkanes of at least 4 members (excludes halogenated alkanes) is 1. The molecule has 0 aliphatic carbocycles. The topological polar surface area (TPSA) is 57.6 Å². The predicted molar refractivity (Wildman–Crippen MR) is 78.9 cm³/mol. The summed E-state index contributed by atoms with van der Waals surface area (Å²) in [5.41, 5.74) is 1.01. The summed E-state index contributed by atoms with van der Waals surface area (Å²) in [5, 5.41) is 9.11. The summed E-state index contributed by atoms with van der Waals surface area (Å²) >= 11 is 0. The van der Waals surface area contributed by atoms with Crippen molar-refractivity contribution in [2.75, 3.05) is 13.1 Å². The molecule has 0 radical (unpaired) electrons. The second-order valence-electron chi connectivity index (χ2n) is 4.79. The van der Waals surface area contributed by atoms with Crippen LogP contribution in [0, 0.1) is 0 Å². The molecule has 0 atom stereocenters.